The molecule has 0 saturated carbocycles. The molecule has 0 spiro atoms. The molecule has 0 unspecified atom stereocenters. The minimum atomic E-state index is -0.514. The first-order chi connectivity index (χ1) is 15.7. The van der Waals surface area contributed by atoms with Gasteiger partial charge in [0.1, 0.15) is 16.6 Å². The number of oxazole rings is 1. The van der Waals surface area contributed by atoms with Crippen molar-refractivity contribution in [2.45, 2.75) is 52.2 Å². The van der Waals surface area contributed by atoms with Crippen molar-refractivity contribution in [1.29, 1.82) is 0 Å². The molecule has 0 atom stereocenters. The molecule has 2 aromatic carbocycles. The van der Waals surface area contributed by atoms with Crippen LogP contribution in [0.5, 0.6) is 0 Å². The molecular formula is C25H27FN4O3. The standard InChI is InChI=1S/C25H27FN4O3/c1-15-27-21-6-5-16(13-22(21)32-15)17-11-18-14-30(28-23(18)20(26)12-17)19-7-9-29(10-8-19)24(31)33-25(2,3)4/h5-6,11-14,19H,7-10H2,1-4H3. The normalized spacial score (nSPS) is 15.5. The zero-order chi connectivity index (χ0) is 23.3. The SMILES string of the molecule is Cc1nc2ccc(-c3cc(F)c4nn(C5CCN(C(=O)OC(C)(C)C)CC5)cc4c3)cc2o1. The van der Waals surface area contributed by atoms with Gasteiger partial charge in [-0.05, 0) is 69.0 Å². The molecule has 0 N–H and O–H groups in total. The zero-order valence-corrected chi connectivity index (χ0v) is 19.3. The summed E-state index contributed by atoms with van der Waals surface area (Å²) in [4.78, 5) is 18.4. The summed E-state index contributed by atoms with van der Waals surface area (Å²) in [6.45, 7) is 8.55. The number of carbonyl (C=O) groups excluding carboxylic acids is 1. The number of nitrogens with zero attached hydrogens (tertiary/aromatic N) is 4. The van der Waals surface area contributed by atoms with Crippen molar-refractivity contribution in [3.8, 4) is 11.1 Å². The number of likely N-dealkylation sites (tertiary alicyclic amines) is 1. The lowest BCUT2D eigenvalue weighted by Gasteiger charge is -2.33. The van der Waals surface area contributed by atoms with E-state index in [4.69, 9.17) is 9.15 Å². The van der Waals surface area contributed by atoms with Crippen LogP contribution in [0.3, 0.4) is 0 Å². The second-order valence-electron chi connectivity index (χ2n) is 9.62. The Morgan fingerprint density at radius 2 is 1.91 bits per heavy atom. The average molecular weight is 451 g/mol. The van der Waals surface area contributed by atoms with Gasteiger partial charge in [-0.2, -0.15) is 5.10 Å². The first-order valence-corrected chi connectivity index (χ1v) is 11.2. The summed E-state index contributed by atoms with van der Waals surface area (Å²) in [7, 11) is 0. The number of hydrogen-bond acceptors (Lipinski definition) is 5. The smallest absolute Gasteiger partial charge is 0.410 e. The third-order valence-electron chi connectivity index (χ3n) is 5.90. The lowest BCUT2D eigenvalue weighted by atomic mass is 10.0. The number of fused-ring (bicyclic) bond motifs is 2. The van der Waals surface area contributed by atoms with Gasteiger partial charge in [0.25, 0.3) is 0 Å². The predicted octanol–water partition coefficient (Wildman–Crippen LogP) is 5.86. The largest absolute Gasteiger partial charge is 0.444 e. The Balaban J connectivity index is 1.37. The number of amides is 1. The topological polar surface area (TPSA) is 73.4 Å². The van der Waals surface area contributed by atoms with Gasteiger partial charge in [-0.25, -0.2) is 14.2 Å². The highest BCUT2D eigenvalue weighted by molar-refractivity contribution is 5.87. The summed E-state index contributed by atoms with van der Waals surface area (Å²) in [5.74, 6) is 0.240. The number of piperidine rings is 1. The molecule has 172 valence electrons. The molecule has 1 amide bonds. The van der Waals surface area contributed by atoms with Gasteiger partial charge in [-0.3, -0.25) is 4.68 Å². The van der Waals surface area contributed by atoms with E-state index in [2.05, 4.69) is 10.1 Å². The molecule has 4 aromatic rings. The molecule has 3 heterocycles. The van der Waals surface area contributed by atoms with Crippen molar-refractivity contribution in [2.75, 3.05) is 13.1 Å². The van der Waals surface area contributed by atoms with Crippen molar-refractivity contribution in [3.05, 3.63) is 48.2 Å². The number of hydrogen-bond donors (Lipinski definition) is 0. The number of aromatic nitrogens is 3. The predicted molar refractivity (Wildman–Crippen MR) is 124 cm³/mol. The van der Waals surface area contributed by atoms with Crippen LogP contribution in [0.4, 0.5) is 9.18 Å². The molecule has 0 bridgehead atoms. The van der Waals surface area contributed by atoms with Crippen LogP contribution < -0.4 is 0 Å². The van der Waals surface area contributed by atoms with Gasteiger partial charge in [-0.15, -0.1) is 0 Å². The van der Waals surface area contributed by atoms with Crippen molar-refractivity contribution in [2.24, 2.45) is 0 Å². The number of carbonyl (C=O) groups is 1. The number of halogens is 1. The van der Waals surface area contributed by atoms with Crippen molar-refractivity contribution >= 4 is 28.1 Å². The van der Waals surface area contributed by atoms with Gasteiger partial charge >= 0.3 is 6.09 Å². The number of benzene rings is 2. The summed E-state index contributed by atoms with van der Waals surface area (Å²) in [5, 5.41) is 5.28. The van der Waals surface area contributed by atoms with Crippen LogP contribution in [-0.2, 0) is 4.74 Å². The van der Waals surface area contributed by atoms with Crippen molar-refractivity contribution in [1.82, 2.24) is 19.7 Å². The van der Waals surface area contributed by atoms with E-state index in [1.54, 1.807) is 11.8 Å². The van der Waals surface area contributed by atoms with E-state index >= 15 is 0 Å². The Morgan fingerprint density at radius 1 is 1.15 bits per heavy atom. The summed E-state index contributed by atoms with van der Waals surface area (Å²) >= 11 is 0. The fourth-order valence-electron chi connectivity index (χ4n) is 4.32. The molecular weight excluding hydrogens is 423 g/mol. The first-order valence-electron chi connectivity index (χ1n) is 11.2. The summed E-state index contributed by atoms with van der Waals surface area (Å²) in [5.41, 5.74) is 2.92. The van der Waals surface area contributed by atoms with Crippen LogP contribution in [0.2, 0.25) is 0 Å². The van der Waals surface area contributed by atoms with Crippen molar-refractivity contribution in [3.63, 3.8) is 0 Å². The fourth-order valence-corrected chi connectivity index (χ4v) is 4.32. The highest BCUT2D eigenvalue weighted by Crippen LogP contribution is 2.31. The quantitative estimate of drug-likeness (QED) is 0.382. The van der Waals surface area contributed by atoms with E-state index in [-0.39, 0.29) is 18.0 Å². The number of rotatable bonds is 2. The number of ether oxygens (including phenoxy) is 1. The van der Waals surface area contributed by atoms with Gasteiger partial charge in [0.05, 0.1) is 6.04 Å². The highest BCUT2D eigenvalue weighted by atomic mass is 19.1. The fraction of sp³-hybridized carbons (Fsp3) is 0.400. The van der Waals surface area contributed by atoms with Crippen molar-refractivity contribution < 1.29 is 18.3 Å². The first kappa shape index (κ1) is 21.4. The lowest BCUT2D eigenvalue weighted by Crippen LogP contribution is -2.42. The Morgan fingerprint density at radius 3 is 2.64 bits per heavy atom. The van der Waals surface area contributed by atoms with Gasteiger partial charge in [0.15, 0.2) is 17.3 Å². The van der Waals surface area contributed by atoms with E-state index in [0.29, 0.717) is 30.1 Å². The van der Waals surface area contributed by atoms with Gasteiger partial charge in [0.2, 0.25) is 0 Å². The van der Waals surface area contributed by atoms with E-state index in [9.17, 15) is 9.18 Å². The molecule has 1 fully saturated rings. The molecule has 5 rings (SSSR count). The third-order valence-corrected chi connectivity index (χ3v) is 5.90. The molecule has 2 aromatic heterocycles. The van der Waals surface area contributed by atoms with E-state index < -0.39 is 5.60 Å². The molecule has 0 aliphatic carbocycles. The molecule has 0 radical (unpaired) electrons. The van der Waals surface area contributed by atoms with E-state index in [1.165, 1.54) is 6.07 Å². The van der Waals surface area contributed by atoms with Gasteiger partial charge in [-0.1, -0.05) is 6.07 Å². The Labute approximate surface area is 191 Å². The van der Waals surface area contributed by atoms with Gasteiger partial charge < -0.3 is 14.1 Å². The maximum absolute atomic E-state index is 15.0. The average Bonchev–Trinajstić information content (AvgIpc) is 3.35. The Kier molecular flexibility index (Phi) is 5.11. The van der Waals surface area contributed by atoms with Crippen LogP contribution in [0.15, 0.2) is 40.9 Å². The Bertz CT molecular complexity index is 1340. The molecule has 1 aliphatic rings. The van der Waals surface area contributed by atoms with Crippen LogP contribution in [0.25, 0.3) is 33.1 Å². The Hall–Kier alpha value is -3.42. The zero-order valence-electron chi connectivity index (χ0n) is 19.3. The van der Waals surface area contributed by atoms with Crippen LogP contribution >= 0.6 is 0 Å². The third kappa shape index (κ3) is 4.29. The maximum atomic E-state index is 15.0. The summed E-state index contributed by atoms with van der Waals surface area (Å²) in [6, 6.07) is 9.24. The van der Waals surface area contributed by atoms with Gasteiger partial charge in [0, 0.05) is 31.6 Å². The summed E-state index contributed by atoms with van der Waals surface area (Å²) < 4.78 is 27.9. The lowest BCUT2D eigenvalue weighted by molar-refractivity contribution is 0.0185. The van der Waals surface area contributed by atoms with Crippen LogP contribution in [-0.4, -0.2) is 44.4 Å². The minimum Gasteiger partial charge on any atom is -0.444 e. The molecule has 1 aliphatic heterocycles. The second kappa shape index (κ2) is 7.86. The number of aryl methyl sites for hydroxylation is 1. The van der Waals surface area contributed by atoms with Crippen LogP contribution in [0.1, 0.15) is 45.5 Å². The maximum Gasteiger partial charge on any atom is 0.410 e. The highest BCUT2D eigenvalue weighted by Gasteiger charge is 2.28. The molecule has 7 nitrogen and oxygen atoms in total. The van der Waals surface area contributed by atoms with E-state index in [0.717, 1.165) is 34.9 Å². The monoisotopic (exact) mass is 450 g/mol. The summed E-state index contributed by atoms with van der Waals surface area (Å²) in [6.07, 6.45) is 3.08. The molecule has 1 saturated heterocycles. The molecule has 8 heteroatoms. The minimum absolute atomic E-state index is 0.104. The van der Waals surface area contributed by atoms with Crippen LogP contribution in [0, 0.1) is 12.7 Å². The van der Waals surface area contributed by atoms with E-state index in [1.807, 2.05) is 55.9 Å². The molecule has 33 heavy (non-hydrogen) atoms. The second-order valence-corrected chi connectivity index (χ2v) is 9.62.